The second kappa shape index (κ2) is 4.57. The lowest BCUT2D eigenvalue weighted by molar-refractivity contribution is 0.0478. The Morgan fingerprint density at radius 3 is 2.55 bits per heavy atom. The molecule has 0 bridgehead atoms. The van der Waals surface area contributed by atoms with Gasteiger partial charge < -0.3 is 5.11 Å². The SMILES string of the molecule is CS(=O)(=O)C1CCCC1(O)c1ccc2ccccc2c1. The van der Waals surface area contributed by atoms with Crippen LogP contribution in [0.3, 0.4) is 0 Å². The fourth-order valence-corrected chi connectivity index (χ4v) is 4.87. The van der Waals surface area contributed by atoms with Crippen LogP contribution in [-0.2, 0) is 15.4 Å². The summed E-state index contributed by atoms with van der Waals surface area (Å²) in [6, 6.07) is 13.6. The van der Waals surface area contributed by atoms with E-state index in [0.29, 0.717) is 18.4 Å². The lowest BCUT2D eigenvalue weighted by atomic mass is 9.90. The van der Waals surface area contributed by atoms with Crippen LogP contribution in [0.25, 0.3) is 10.8 Å². The molecule has 1 saturated carbocycles. The maximum atomic E-state index is 11.9. The summed E-state index contributed by atoms with van der Waals surface area (Å²) in [7, 11) is -3.26. The third-order valence-electron chi connectivity index (χ3n) is 4.32. The maximum Gasteiger partial charge on any atom is 0.153 e. The third kappa shape index (κ3) is 2.13. The molecule has 0 amide bonds. The summed E-state index contributed by atoms with van der Waals surface area (Å²) < 4.78 is 23.9. The molecule has 106 valence electrons. The molecule has 1 fully saturated rings. The van der Waals surface area contributed by atoms with Crippen LogP contribution in [0.4, 0.5) is 0 Å². The summed E-state index contributed by atoms with van der Waals surface area (Å²) in [6.45, 7) is 0. The van der Waals surface area contributed by atoms with E-state index in [2.05, 4.69) is 0 Å². The predicted octanol–water partition coefficient (Wildman–Crippen LogP) is 2.62. The molecule has 0 spiro atoms. The molecule has 0 radical (unpaired) electrons. The lowest BCUT2D eigenvalue weighted by Crippen LogP contribution is -2.39. The summed E-state index contributed by atoms with van der Waals surface area (Å²) in [6.07, 6.45) is 2.99. The van der Waals surface area contributed by atoms with Crippen LogP contribution in [0.15, 0.2) is 42.5 Å². The molecule has 2 aromatic rings. The Bertz CT molecular complexity index is 751. The fraction of sp³-hybridized carbons (Fsp3) is 0.375. The highest BCUT2D eigenvalue weighted by atomic mass is 32.2. The molecular formula is C16H18O3S. The van der Waals surface area contributed by atoms with Crippen LogP contribution >= 0.6 is 0 Å². The van der Waals surface area contributed by atoms with E-state index in [4.69, 9.17) is 0 Å². The summed E-state index contributed by atoms with van der Waals surface area (Å²) >= 11 is 0. The molecule has 0 saturated heterocycles. The Morgan fingerprint density at radius 2 is 1.85 bits per heavy atom. The summed E-state index contributed by atoms with van der Waals surface area (Å²) in [5, 5.41) is 12.4. The number of sulfone groups is 1. The predicted molar refractivity (Wildman–Crippen MR) is 80.3 cm³/mol. The highest BCUT2D eigenvalue weighted by Gasteiger charge is 2.47. The van der Waals surface area contributed by atoms with Gasteiger partial charge in [0.05, 0.1) is 5.25 Å². The van der Waals surface area contributed by atoms with Gasteiger partial charge in [-0.1, -0.05) is 36.4 Å². The van der Waals surface area contributed by atoms with Crippen molar-refractivity contribution >= 4 is 20.6 Å². The van der Waals surface area contributed by atoms with Gasteiger partial charge in [-0.05, 0) is 41.7 Å². The van der Waals surface area contributed by atoms with Gasteiger partial charge in [-0.2, -0.15) is 0 Å². The molecular weight excluding hydrogens is 272 g/mol. The zero-order chi connectivity index (χ0) is 14.4. The van der Waals surface area contributed by atoms with Crippen molar-refractivity contribution in [1.29, 1.82) is 0 Å². The maximum absolute atomic E-state index is 11.9. The quantitative estimate of drug-likeness (QED) is 0.925. The summed E-state index contributed by atoms with van der Waals surface area (Å²) in [5.41, 5.74) is -0.540. The van der Waals surface area contributed by atoms with Crippen molar-refractivity contribution in [2.24, 2.45) is 0 Å². The molecule has 1 aliphatic rings. The molecule has 0 aromatic heterocycles. The Morgan fingerprint density at radius 1 is 1.15 bits per heavy atom. The first-order valence-corrected chi connectivity index (χ1v) is 8.77. The first-order valence-electron chi connectivity index (χ1n) is 6.82. The number of aliphatic hydroxyl groups is 1. The van der Waals surface area contributed by atoms with Gasteiger partial charge in [0.2, 0.25) is 0 Å². The van der Waals surface area contributed by atoms with Gasteiger partial charge in [-0.3, -0.25) is 0 Å². The van der Waals surface area contributed by atoms with Gasteiger partial charge in [-0.25, -0.2) is 8.42 Å². The minimum absolute atomic E-state index is 0.503. The van der Waals surface area contributed by atoms with Gasteiger partial charge in [0, 0.05) is 6.26 Å². The Hall–Kier alpha value is -1.39. The Labute approximate surface area is 119 Å². The number of hydrogen-bond acceptors (Lipinski definition) is 3. The molecule has 20 heavy (non-hydrogen) atoms. The number of fused-ring (bicyclic) bond motifs is 1. The van der Waals surface area contributed by atoms with Gasteiger partial charge in [-0.15, -0.1) is 0 Å². The van der Waals surface area contributed by atoms with Crippen molar-refractivity contribution in [2.75, 3.05) is 6.26 Å². The van der Waals surface area contributed by atoms with Crippen LogP contribution in [-0.4, -0.2) is 25.0 Å². The van der Waals surface area contributed by atoms with Crippen LogP contribution in [0.1, 0.15) is 24.8 Å². The molecule has 2 atom stereocenters. The van der Waals surface area contributed by atoms with E-state index in [-0.39, 0.29) is 0 Å². The largest absolute Gasteiger partial charge is 0.384 e. The standard InChI is InChI=1S/C16H18O3S/c1-20(18,19)15-7-4-10-16(15,17)14-9-8-12-5-2-3-6-13(12)11-14/h2-3,5-6,8-9,11,15,17H,4,7,10H2,1H3. The molecule has 4 heteroatoms. The van der Waals surface area contributed by atoms with Crippen molar-refractivity contribution in [3.05, 3.63) is 48.0 Å². The van der Waals surface area contributed by atoms with Crippen molar-refractivity contribution < 1.29 is 13.5 Å². The summed E-state index contributed by atoms with van der Waals surface area (Å²) in [4.78, 5) is 0. The van der Waals surface area contributed by atoms with Crippen molar-refractivity contribution in [2.45, 2.75) is 30.1 Å². The minimum Gasteiger partial charge on any atom is -0.384 e. The highest BCUT2D eigenvalue weighted by molar-refractivity contribution is 7.91. The third-order valence-corrected chi connectivity index (χ3v) is 5.98. The van der Waals surface area contributed by atoms with Gasteiger partial charge >= 0.3 is 0 Å². The average molecular weight is 290 g/mol. The van der Waals surface area contributed by atoms with Crippen molar-refractivity contribution in [3.63, 3.8) is 0 Å². The van der Waals surface area contributed by atoms with Gasteiger partial charge in [0.1, 0.15) is 5.60 Å². The summed E-state index contributed by atoms with van der Waals surface area (Å²) in [5.74, 6) is 0. The number of benzene rings is 2. The van der Waals surface area contributed by atoms with Gasteiger partial charge in [0.15, 0.2) is 9.84 Å². The average Bonchev–Trinajstić information content (AvgIpc) is 2.81. The minimum atomic E-state index is -3.26. The molecule has 3 nitrogen and oxygen atoms in total. The Kier molecular flexibility index (Phi) is 3.10. The zero-order valence-corrected chi connectivity index (χ0v) is 12.2. The zero-order valence-electron chi connectivity index (χ0n) is 11.4. The lowest BCUT2D eigenvalue weighted by Gasteiger charge is -2.29. The fourth-order valence-electron chi connectivity index (χ4n) is 3.31. The second-order valence-electron chi connectivity index (χ2n) is 5.70. The molecule has 1 aliphatic carbocycles. The van der Waals surface area contributed by atoms with Crippen LogP contribution in [0.5, 0.6) is 0 Å². The van der Waals surface area contributed by atoms with Gasteiger partial charge in [0.25, 0.3) is 0 Å². The molecule has 0 heterocycles. The molecule has 2 aromatic carbocycles. The first-order chi connectivity index (χ1) is 9.41. The van der Waals surface area contributed by atoms with E-state index < -0.39 is 20.7 Å². The number of rotatable bonds is 2. The van der Waals surface area contributed by atoms with Crippen LogP contribution in [0, 0.1) is 0 Å². The molecule has 2 unspecified atom stereocenters. The Balaban J connectivity index is 2.13. The monoisotopic (exact) mass is 290 g/mol. The first kappa shape index (κ1) is 13.6. The van der Waals surface area contributed by atoms with E-state index in [9.17, 15) is 13.5 Å². The van der Waals surface area contributed by atoms with E-state index in [1.54, 1.807) is 0 Å². The highest BCUT2D eigenvalue weighted by Crippen LogP contribution is 2.43. The van der Waals surface area contributed by atoms with E-state index in [1.165, 1.54) is 6.26 Å². The van der Waals surface area contributed by atoms with Crippen LogP contribution in [0.2, 0.25) is 0 Å². The number of hydrogen-bond donors (Lipinski definition) is 1. The van der Waals surface area contributed by atoms with Crippen molar-refractivity contribution in [3.8, 4) is 0 Å². The van der Waals surface area contributed by atoms with E-state index >= 15 is 0 Å². The van der Waals surface area contributed by atoms with Crippen molar-refractivity contribution in [1.82, 2.24) is 0 Å². The molecule has 0 aliphatic heterocycles. The van der Waals surface area contributed by atoms with Crippen LogP contribution < -0.4 is 0 Å². The molecule has 1 N–H and O–H groups in total. The normalized spacial score (nSPS) is 27.0. The van der Waals surface area contributed by atoms with E-state index in [0.717, 1.165) is 17.2 Å². The van der Waals surface area contributed by atoms with E-state index in [1.807, 2.05) is 42.5 Å². The molecule has 3 rings (SSSR count). The topological polar surface area (TPSA) is 54.4 Å². The smallest absolute Gasteiger partial charge is 0.153 e. The second-order valence-corrected chi connectivity index (χ2v) is 7.92.